The molecule has 0 aromatic carbocycles. The van der Waals surface area contributed by atoms with Gasteiger partial charge in [-0.3, -0.25) is 5.10 Å². The molecule has 0 aliphatic heterocycles. The summed E-state index contributed by atoms with van der Waals surface area (Å²) in [5, 5.41) is 6.62. The Balaban J connectivity index is 2.80. The van der Waals surface area contributed by atoms with Crippen molar-refractivity contribution in [2.75, 3.05) is 14.1 Å². The zero-order valence-electron chi connectivity index (χ0n) is 8.53. The number of aromatic amines is 1. The Labute approximate surface area is 83.6 Å². The van der Waals surface area contributed by atoms with E-state index in [0.717, 1.165) is 6.54 Å². The number of aromatic nitrogens is 3. The van der Waals surface area contributed by atoms with Crippen LogP contribution in [-0.4, -0.2) is 39.3 Å². The van der Waals surface area contributed by atoms with Crippen molar-refractivity contribution >= 4 is 12.2 Å². The predicted octanol–water partition coefficient (Wildman–Crippen LogP) is 1.28. The van der Waals surface area contributed by atoms with E-state index in [-0.39, 0.29) is 5.54 Å². The van der Waals surface area contributed by atoms with Crippen molar-refractivity contribution in [2.45, 2.75) is 25.9 Å². The van der Waals surface area contributed by atoms with E-state index in [2.05, 4.69) is 43.0 Å². The molecular weight excluding hydrogens is 184 g/mol. The minimum atomic E-state index is 0.0854. The van der Waals surface area contributed by atoms with E-state index in [4.69, 9.17) is 12.2 Å². The van der Waals surface area contributed by atoms with E-state index in [1.54, 1.807) is 6.33 Å². The summed E-state index contributed by atoms with van der Waals surface area (Å²) in [6.45, 7) is 5.18. The maximum Gasteiger partial charge on any atom is 0.195 e. The van der Waals surface area contributed by atoms with Crippen LogP contribution in [0.4, 0.5) is 0 Å². The molecule has 74 valence electrons. The number of likely N-dealkylation sites (N-methyl/N-ethyl adjacent to an activating group) is 1. The third-order valence-corrected chi connectivity index (χ3v) is 2.71. The highest BCUT2D eigenvalue weighted by Crippen LogP contribution is 2.12. The molecule has 4 nitrogen and oxygen atoms in total. The van der Waals surface area contributed by atoms with Crippen molar-refractivity contribution in [1.82, 2.24) is 19.7 Å². The van der Waals surface area contributed by atoms with Gasteiger partial charge in [0.05, 0.1) is 0 Å². The summed E-state index contributed by atoms with van der Waals surface area (Å²) < 4.78 is 2.62. The first-order valence-corrected chi connectivity index (χ1v) is 4.61. The van der Waals surface area contributed by atoms with Crippen LogP contribution in [0, 0.1) is 4.77 Å². The molecule has 1 aromatic heterocycles. The molecule has 0 atom stereocenters. The van der Waals surface area contributed by atoms with Crippen LogP contribution in [0.15, 0.2) is 6.33 Å². The van der Waals surface area contributed by atoms with Gasteiger partial charge in [-0.2, -0.15) is 5.10 Å². The number of rotatable bonds is 3. The van der Waals surface area contributed by atoms with Crippen LogP contribution in [0.2, 0.25) is 0 Å². The lowest BCUT2D eigenvalue weighted by molar-refractivity contribution is 0.169. The average molecular weight is 200 g/mol. The smallest absolute Gasteiger partial charge is 0.195 e. The number of hydrogen-bond donors (Lipinski definition) is 1. The van der Waals surface area contributed by atoms with Crippen molar-refractivity contribution in [1.29, 1.82) is 0 Å². The maximum atomic E-state index is 5.07. The molecule has 0 aliphatic carbocycles. The fraction of sp³-hybridized carbons (Fsp3) is 0.750. The number of H-pyrrole nitrogens is 1. The van der Waals surface area contributed by atoms with Gasteiger partial charge in [0, 0.05) is 12.1 Å². The van der Waals surface area contributed by atoms with Gasteiger partial charge in [0.25, 0.3) is 0 Å². The monoisotopic (exact) mass is 200 g/mol. The van der Waals surface area contributed by atoms with Crippen molar-refractivity contribution in [3.63, 3.8) is 0 Å². The van der Waals surface area contributed by atoms with Gasteiger partial charge in [-0.25, -0.2) is 0 Å². The number of nitrogens with one attached hydrogen (secondary N) is 1. The lowest BCUT2D eigenvalue weighted by Gasteiger charge is -2.32. The van der Waals surface area contributed by atoms with Crippen molar-refractivity contribution in [3.05, 3.63) is 11.1 Å². The third-order valence-electron chi connectivity index (χ3n) is 2.39. The van der Waals surface area contributed by atoms with Gasteiger partial charge in [-0.15, -0.1) is 0 Å². The van der Waals surface area contributed by atoms with Crippen LogP contribution in [-0.2, 0) is 6.54 Å². The molecule has 0 aliphatic rings. The molecule has 5 heteroatoms. The van der Waals surface area contributed by atoms with Crippen LogP contribution >= 0.6 is 12.2 Å². The van der Waals surface area contributed by atoms with Gasteiger partial charge in [0.2, 0.25) is 0 Å². The number of hydrogen-bond acceptors (Lipinski definition) is 3. The van der Waals surface area contributed by atoms with E-state index >= 15 is 0 Å². The van der Waals surface area contributed by atoms with Gasteiger partial charge in [0.15, 0.2) is 4.77 Å². The molecule has 0 unspecified atom stereocenters. The molecule has 0 amide bonds. The minimum absolute atomic E-state index is 0.0854. The number of nitrogens with zero attached hydrogens (tertiary/aromatic N) is 3. The molecule has 1 heterocycles. The molecule has 0 spiro atoms. The molecule has 0 fully saturated rings. The molecule has 0 radical (unpaired) electrons. The topological polar surface area (TPSA) is 36.9 Å². The van der Waals surface area contributed by atoms with E-state index < -0.39 is 0 Å². The van der Waals surface area contributed by atoms with Gasteiger partial charge < -0.3 is 9.47 Å². The summed E-state index contributed by atoms with van der Waals surface area (Å²) in [5.41, 5.74) is 0.0854. The van der Waals surface area contributed by atoms with Crippen molar-refractivity contribution < 1.29 is 0 Å². The van der Waals surface area contributed by atoms with E-state index in [9.17, 15) is 0 Å². The molecule has 0 saturated carbocycles. The highest BCUT2D eigenvalue weighted by Gasteiger charge is 2.21. The van der Waals surface area contributed by atoms with Gasteiger partial charge in [-0.1, -0.05) is 0 Å². The van der Waals surface area contributed by atoms with Crippen LogP contribution in [0.25, 0.3) is 0 Å². The second-order valence-electron chi connectivity index (χ2n) is 4.00. The van der Waals surface area contributed by atoms with Crippen LogP contribution in [0.1, 0.15) is 13.8 Å². The summed E-state index contributed by atoms with van der Waals surface area (Å²) >= 11 is 5.07. The summed E-state index contributed by atoms with van der Waals surface area (Å²) in [6, 6.07) is 0. The first-order chi connectivity index (χ1) is 5.93. The quantitative estimate of drug-likeness (QED) is 0.747. The maximum absolute atomic E-state index is 5.07. The van der Waals surface area contributed by atoms with Crippen LogP contribution in [0.5, 0.6) is 0 Å². The lowest BCUT2D eigenvalue weighted by Crippen LogP contribution is -2.41. The fourth-order valence-corrected chi connectivity index (χ4v) is 1.11. The third kappa shape index (κ3) is 2.38. The zero-order valence-corrected chi connectivity index (χ0v) is 9.35. The van der Waals surface area contributed by atoms with Crippen LogP contribution in [0.3, 0.4) is 0 Å². The molecule has 1 N–H and O–H groups in total. The predicted molar refractivity (Wildman–Crippen MR) is 55.2 cm³/mol. The highest BCUT2D eigenvalue weighted by atomic mass is 32.1. The average Bonchev–Trinajstić information content (AvgIpc) is 2.35. The Bertz CT molecular complexity index is 323. The van der Waals surface area contributed by atoms with E-state index in [1.165, 1.54) is 0 Å². The fourth-order valence-electron chi connectivity index (χ4n) is 0.941. The largest absolute Gasteiger partial charge is 0.305 e. The molecule has 1 aromatic rings. The Hall–Kier alpha value is -0.680. The summed E-state index contributed by atoms with van der Waals surface area (Å²) in [4.78, 5) is 2.17. The van der Waals surface area contributed by atoms with E-state index in [1.807, 2.05) is 4.57 Å². The zero-order chi connectivity index (χ0) is 10.1. The van der Waals surface area contributed by atoms with Crippen molar-refractivity contribution in [3.8, 4) is 0 Å². The van der Waals surface area contributed by atoms with Crippen LogP contribution < -0.4 is 0 Å². The minimum Gasteiger partial charge on any atom is -0.305 e. The lowest BCUT2D eigenvalue weighted by atomic mass is 10.0. The molecule has 13 heavy (non-hydrogen) atoms. The standard InChI is InChI=1S/C8H16N4S/c1-8(2,11(3)4)5-12-6-9-10-7(12)13/h6H,5H2,1-4H3,(H,10,13). The Morgan fingerprint density at radius 3 is 2.62 bits per heavy atom. The first kappa shape index (κ1) is 10.4. The SMILES string of the molecule is CN(C)C(C)(C)Cn1cn[nH]c1=S. The Kier molecular flexibility index (Phi) is 2.87. The second-order valence-corrected chi connectivity index (χ2v) is 4.38. The summed E-state index contributed by atoms with van der Waals surface area (Å²) in [5.74, 6) is 0. The highest BCUT2D eigenvalue weighted by molar-refractivity contribution is 7.71. The Morgan fingerprint density at radius 2 is 2.23 bits per heavy atom. The molecule has 0 saturated heterocycles. The van der Waals surface area contributed by atoms with Crippen molar-refractivity contribution in [2.24, 2.45) is 0 Å². The Morgan fingerprint density at radius 1 is 1.62 bits per heavy atom. The van der Waals surface area contributed by atoms with E-state index in [0.29, 0.717) is 4.77 Å². The van der Waals surface area contributed by atoms with Gasteiger partial charge >= 0.3 is 0 Å². The van der Waals surface area contributed by atoms with Gasteiger partial charge in [0.1, 0.15) is 6.33 Å². The first-order valence-electron chi connectivity index (χ1n) is 4.21. The normalized spacial score (nSPS) is 12.4. The second kappa shape index (κ2) is 3.59. The summed E-state index contributed by atoms with van der Waals surface area (Å²) in [7, 11) is 4.12. The molecule has 1 rings (SSSR count). The van der Waals surface area contributed by atoms with Gasteiger partial charge in [-0.05, 0) is 40.2 Å². The molecule has 0 bridgehead atoms. The summed E-state index contributed by atoms with van der Waals surface area (Å²) in [6.07, 6.45) is 1.73. The molecular formula is C8H16N4S.